The Morgan fingerprint density at radius 3 is 1.85 bits per heavy atom. The third-order valence-corrected chi connectivity index (χ3v) is 2.66. The van der Waals surface area contributed by atoms with Crippen LogP contribution in [-0.4, -0.2) is 23.5 Å². The average Bonchev–Trinajstić information content (AvgIpc) is 2.52. The van der Waals surface area contributed by atoms with Crippen LogP contribution in [0.2, 0.25) is 0 Å². The van der Waals surface area contributed by atoms with Gasteiger partial charge in [-0.3, -0.25) is 15.0 Å². The molecule has 0 atom stereocenters. The maximum atomic E-state index is 10.4. The number of rotatable bonds is 5. The van der Waals surface area contributed by atoms with Crippen LogP contribution < -0.4 is 22.7 Å². The highest BCUT2D eigenvalue weighted by Crippen LogP contribution is 2.05. The molecule has 0 saturated heterocycles. The summed E-state index contributed by atoms with van der Waals surface area (Å²) in [6.07, 6.45) is 0.967. The number of ether oxygens (including phenoxy) is 1. The molecule has 0 spiro atoms. The summed E-state index contributed by atoms with van der Waals surface area (Å²) in [5.74, 6) is 4.87. The van der Waals surface area contributed by atoms with Gasteiger partial charge in [0.05, 0.1) is 0 Å². The van der Waals surface area contributed by atoms with E-state index in [1.807, 2.05) is 44.2 Å². The number of carbonyl (C=O) groups excluding carboxylic acids is 3. The summed E-state index contributed by atoms with van der Waals surface area (Å²) >= 11 is 0. The molecule has 1 rings (SSSR count). The van der Waals surface area contributed by atoms with Crippen molar-refractivity contribution in [3.63, 3.8) is 0 Å². The van der Waals surface area contributed by atoms with Gasteiger partial charge in [-0.2, -0.15) is 0 Å². The Morgan fingerprint density at radius 1 is 1.07 bits per heavy atom. The van der Waals surface area contributed by atoms with E-state index < -0.39 is 11.7 Å². The van der Waals surface area contributed by atoms with Crippen molar-refractivity contribution in [1.29, 1.82) is 0 Å². The zero-order valence-electron chi connectivity index (χ0n) is 17.0. The summed E-state index contributed by atoms with van der Waals surface area (Å²) in [6, 6.07) is 9.84. The monoisotopic (exact) mass is 382 g/mol. The number of hydrazine groups is 1. The minimum absolute atomic E-state index is 0.0972. The molecule has 0 fully saturated rings. The maximum Gasteiger partial charge on any atom is 0.405 e. The van der Waals surface area contributed by atoms with Gasteiger partial charge in [0.25, 0.3) is 0 Å². The second kappa shape index (κ2) is 14.5. The van der Waals surface area contributed by atoms with E-state index in [4.69, 9.17) is 17.3 Å². The van der Waals surface area contributed by atoms with Gasteiger partial charge in [0.15, 0.2) is 0 Å². The zero-order valence-corrected chi connectivity index (χ0v) is 17.0. The predicted octanol–water partition coefficient (Wildman–Crippen LogP) is 2.01. The fourth-order valence-electron chi connectivity index (χ4n) is 1.64. The molecule has 3 amide bonds. The van der Waals surface area contributed by atoms with Crippen molar-refractivity contribution >= 4 is 17.9 Å². The van der Waals surface area contributed by atoms with Crippen LogP contribution in [0.1, 0.15) is 53.0 Å². The predicted molar refractivity (Wildman–Crippen MR) is 106 cm³/mol. The number of amides is 3. The van der Waals surface area contributed by atoms with E-state index in [-0.39, 0.29) is 11.8 Å². The largest absolute Gasteiger partial charge is 0.444 e. The molecule has 0 bridgehead atoms. The highest BCUT2D eigenvalue weighted by atomic mass is 16.6. The topological polar surface area (TPSA) is 151 Å². The average molecular weight is 383 g/mol. The number of benzene rings is 1. The minimum atomic E-state index is -0.725. The third-order valence-electron chi connectivity index (χ3n) is 2.66. The highest BCUT2D eigenvalue weighted by Gasteiger charge is 2.12. The Kier molecular flexibility index (Phi) is 14.3. The van der Waals surface area contributed by atoms with Crippen LogP contribution in [-0.2, 0) is 20.7 Å². The van der Waals surface area contributed by atoms with Gasteiger partial charge in [-0.1, -0.05) is 44.2 Å². The fourth-order valence-corrected chi connectivity index (χ4v) is 1.64. The zero-order chi connectivity index (χ0) is 21.5. The molecule has 0 aliphatic heterocycles. The lowest BCUT2D eigenvalue weighted by Crippen LogP contribution is -2.30. The number of primary amides is 2. The van der Waals surface area contributed by atoms with Crippen molar-refractivity contribution in [3.8, 4) is 0 Å². The summed E-state index contributed by atoms with van der Waals surface area (Å²) in [7, 11) is 0. The van der Waals surface area contributed by atoms with Crippen LogP contribution >= 0.6 is 0 Å². The lowest BCUT2D eigenvalue weighted by atomic mass is 10.1. The molecular weight excluding hydrogens is 348 g/mol. The van der Waals surface area contributed by atoms with Crippen LogP contribution in [0.4, 0.5) is 4.79 Å². The number of hydrogen-bond donors (Lipinski definition) is 4. The van der Waals surface area contributed by atoms with Crippen molar-refractivity contribution < 1.29 is 19.1 Å². The summed E-state index contributed by atoms with van der Waals surface area (Å²) in [4.78, 5) is 30.8. The Labute approximate surface area is 161 Å². The van der Waals surface area contributed by atoms with Crippen molar-refractivity contribution in [2.45, 2.75) is 59.5 Å². The first-order chi connectivity index (χ1) is 12.4. The second-order valence-corrected chi connectivity index (χ2v) is 7.15. The van der Waals surface area contributed by atoms with Crippen molar-refractivity contribution in [3.05, 3.63) is 35.9 Å². The van der Waals surface area contributed by atoms with E-state index in [0.717, 1.165) is 12.0 Å². The normalized spacial score (nSPS) is 9.89. The van der Waals surface area contributed by atoms with Gasteiger partial charge < -0.3 is 16.2 Å². The molecule has 0 aliphatic rings. The molecule has 27 heavy (non-hydrogen) atoms. The van der Waals surface area contributed by atoms with E-state index in [0.29, 0.717) is 18.8 Å². The minimum Gasteiger partial charge on any atom is -0.444 e. The van der Waals surface area contributed by atoms with Gasteiger partial charge in [-0.15, -0.1) is 0 Å². The van der Waals surface area contributed by atoms with Crippen LogP contribution in [0.5, 0.6) is 0 Å². The molecule has 8 nitrogen and oxygen atoms in total. The van der Waals surface area contributed by atoms with Crippen LogP contribution in [0.25, 0.3) is 0 Å². The van der Waals surface area contributed by atoms with Gasteiger partial charge in [0.1, 0.15) is 5.60 Å². The molecule has 0 heterocycles. The number of nitrogens with one attached hydrogen (secondary N) is 1. The standard InChI is InChI=1S/C9H11NO.C5H12N2O.C5H11NO2/c10-9(11)7-6-8-4-2-1-3-5-8;1-4(2)3-5(8)7-6;1-5(2,3)8-4(6)7/h1-5H,6-7H2,(H2,10,11);4H,3,6H2,1-2H3,(H,7,8);1-3H3,(H2,6,7). The summed E-state index contributed by atoms with van der Waals surface area (Å²) in [6.45, 7) is 9.22. The fraction of sp³-hybridized carbons (Fsp3) is 0.526. The first-order valence-electron chi connectivity index (χ1n) is 8.67. The van der Waals surface area contributed by atoms with Crippen LogP contribution in [0.15, 0.2) is 30.3 Å². The molecule has 0 aliphatic carbocycles. The van der Waals surface area contributed by atoms with Crippen molar-refractivity contribution in [1.82, 2.24) is 5.43 Å². The van der Waals surface area contributed by atoms with Crippen molar-refractivity contribution in [2.75, 3.05) is 0 Å². The summed E-state index contributed by atoms with van der Waals surface area (Å²) in [5.41, 5.74) is 12.5. The number of nitrogens with two attached hydrogens (primary N) is 3. The molecule has 154 valence electrons. The Bertz CT molecular complexity index is 555. The summed E-state index contributed by atoms with van der Waals surface area (Å²) < 4.78 is 4.58. The smallest absolute Gasteiger partial charge is 0.405 e. The first-order valence-corrected chi connectivity index (χ1v) is 8.67. The maximum absolute atomic E-state index is 10.4. The van der Waals surface area contributed by atoms with E-state index in [2.05, 4.69) is 10.2 Å². The van der Waals surface area contributed by atoms with Crippen molar-refractivity contribution in [2.24, 2.45) is 23.2 Å². The van der Waals surface area contributed by atoms with Gasteiger partial charge in [-0.25, -0.2) is 10.6 Å². The number of hydrogen-bond acceptors (Lipinski definition) is 5. The first kappa shape index (κ1) is 26.6. The molecule has 0 radical (unpaired) electrons. The molecule has 1 aromatic rings. The van der Waals surface area contributed by atoms with E-state index in [1.54, 1.807) is 20.8 Å². The molecule has 0 saturated carbocycles. The molecule has 7 N–H and O–H groups in total. The van der Waals surface area contributed by atoms with Gasteiger partial charge in [0, 0.05) is 12.8 Å². The summed E-state index contributed by atoms with van der Waals surface area (Å²) in [5, 5.41) is 0. The lowest BCUT2D eigenvalue weighted by Gasteiger charge is -2.16. The Hall–Kier alpha value is -2.61. The molecule has 1 aromatic carbocycles. The molecule has 0 aromatic heterocycles. The Balaban J connectivity index is 0. The van der Waals surface area contributed by atoms with Gasteiger partial charge in [-0.05, 0) is 38.7 Å². The second-order valence-electron chi connectivity index (χ2n) is 7.15. The quantitative estimate of drug-likeness (QED) is 0.349. The van der Waals surface area contributed by atoms with E-state index in [1.165, 1.54) is 0 Å². The van der Waals surface area contributed by atoms with Gasteiger partial charge >= 0.3 is 6.09 Å². The lowest BCUT2D eigenvalue weighted by molar-refractivity contribution is -0.122. The Morgan fingerprint density at radius 2 is 1.59 bits per heavy atom. The SMILES string of the molecule is CC(C)(C)OC(N)=O.CC(C)CC(=O)NN.NC(=O)CCc1ccccc1. The molecular formula is C19H34N4O4. The molecule has 0 unspecified atom stereocenters. The third kappa shape index (κ3) is 23.4. The van der Waals surface area contributed by atoms with Gasteiger partial charge in [0.2, 0.25) is 11.8 Å². The molecule has 8 heteroatoms. The highest BCUT2D eigenvalue weighted by molar-refractivity contribution is 5.75. The van der Waals surface area contributed by atoms with E-state index in [9.17, 15) is 14.4 Å². The van der Waals surface area contributed by atoms with E-state index >= 15 is 0 Å². The number of carbonyl (C=O) groups is 3. The number of aryl methyl sites for hydroxylation is 1. The van der Waals surface area contributed by atoms with Crippen LogP contribution in [0, 0.1) is 5.92 Å². The van der Waals surface area contributed by atoms with Crippen LogP contribution in [0.3, 0.4) is 0 Å².